The second-order valence-corrected chi connectivity index (χ2v) is 5.01. The van der Waals surface area contributed by atoms with Crippen LogP contribution in [0.1, 0.15) is 23.6 Å². The van der Waals surface area contributed by atoms with Gasteiger partial charge in [-0.25, -0.2) is 9.79 Å². The summed E-state index contributed by atoms with van der Waals surface area (Å²) < 4.78 is 10.6. The maximum atomic E-state index is 12.1. The molecular weight excluding hydrogens is 292 g/mol. The van der Waals surface area contributed by atoms with Gasteiger partial charge >= 0.3 is 5.97 Å². The summed E-state index contributed by atoms with van der Waals surface area (Å²) in [6.45, 7) is 2.07. The monoisotopic (exact) mass is 308 g/mol. The summed E-state index contributed by atoms with van der Waals surface area (Å²) in [5, 5.41) is 0. The third-order valence-electron chi connectivity index (χ3n) is 3.52. The highest BCUT2D eigenvalue weighted by molar-refractivity contribution is 6.12. The maximum Gasteiger partial charge on any atom is 0.363 e. The number of aryl methyl sites for hydroxylation is 1. The Bertz CT molecular complexity index is 795. The van der Waals surface area contributed by atoms with E-state index in [0.29, 0.717) is 11.3 Å². The average Bonchev–Trinajstić information content (AvgIpc) is 2.96. The van der Waals surface area contributed by atoms with Crippen molar-refractivity contribution in [3.63, 3.8) is 0 Å². The molecule has 0 amide bonds. The number of aliphatic imine (C=N–C) groups is 1. The number of hydrogen-bond acceptors (Lipinski definition) is 5. The molecule has 1 aliphatic rings. The Morgan fingerprint density at radius 3 is 2.87 bits per heavy atom. The van der Waals surface area contributed by atoms with Gasteiger partial charge in [0.15, 0.2) is 5.70 Å². The fourth-order valence-electron chi connectivity index (χ4n) is 2.29. The van der Waals surface area contributed by atoms with Gasteiger partial charge in [-0.15, -0.1) is 0 Å². The first kappa shape index (κ1) is 15.0. The lowest BCUT2D eigenvalue weighted by Gasteiger charge is -2.06. The number of rotatable bonds is 4. The molecule has 23 heavy (non-hydrogen) atoms. The molecule has 0 bridgehead atoms. The van der Waals surface area contributed by atoms with E-state index in [2.05, 4.69) is 16.9 Å². The number of hydrogen-bond donors (Lipinski definition) is 0. The standard InChI is InChI=1S/C18H16N2O3/c1-3-12-6-7-16(22-2)14(9-12)10-15-18(21)23-17(20-15)13-5-4-8-19-11-13/h4-11H,3H2,1-2H3/b15-10+. The van der Waals surface area contributed by atoms with E-state index in [1.807, 2.05) is 18.2 Å². The predicted octanol–water partition coefficient (Wildman–Crippen LogP) is 3.00. The van der Waals surface area contributed by atoms with Crippen molar-refractivity contribution in [2.75, 3.05) is 7.11 Å². The highest BCUT2D eigenvalue weighted by Crippen LogP contribution is 2.25. The van der Waals surface area contributed by atoms with E-state index in [0.717, 1.165) is 17.5 Å². The molecule has 0 unspecified atom stereocenters. The van der Waals surface area contributed by atoms with Crippen LogP contribution in [0.2, 0.25) is 0 Å². The van der Waals surface area contributed by atoms with Crippen LogP contribution < -0.4 is 4.74 Å². The molecular formula is C18H16N2O3. The Balaban J connectivity index is 1.99. The van der Waals surface area contributed by atoms with Crippen LogP contribution in [0.15, 0.2) is 53.4 Å². The van der Waals surface area contributed by atoms with E-state index in [1.54, 1.807) is 37.7 Å². The average molecular weight is 308 g/mol. The number of aromatic nitrogens is 1. The summed E-state index contributed by atoms with van der Waals surface area (Å²) in [7, 11) is 1.60. The van der Waals surface area contributed by atoms with E-state index in [1.165, 1.54) is 0 Å². The Hall–Kier alpha value is -2.95. The van der Waals surface area contributed by atoms with Crippen molar-refractivity contribution in [2.45, 2.75) is 13.3 Å². The number of ether oxygens (including phenoxy) is 2. The van der Waals surface area contributed by atoms with Crippen molar-refractivity contribution >= 4 is 17.9 Å². The quantitative estimate of drug-likeness (QED) is 0.643. The molecule has 0 spiro atoms. The van der Waals surface area contributed by atoms with Crippen molar-refractivity contribution < 1.29 is 14.3 Å². The molecule has 0 fully saturated rings. The maximum absolute atomic E-state index is 12.1. The van der Waals surface area contributed by atoms with Crippen molar-refractivity contribution in [3.05, 3.63) is 65.1 Å². The number of esters is 1. The van der Waals surface area contributed by atoms with Crippen LogP contribution in [0.3, 0.4) is 0 Å². The van der Waals surface area contributed by atoms with Gasteiger partial charge in [0.2, 0.25) is 5.90 Å². The van der Waals surface area contributed by atoms with Crippen molar-refractivity contribution in [3.8, 4) is 5.75 Å². The minimum absolute atomic E-state index is 0.246. The van der Waals surface area contributed by atoms with E-state index >= 15 is 0 Å². The third-order valence-corrected chi connectivity index (χ3v) is 3.52. The van der Waals surface area contributed by atoms with Crippen LogP contribution in [0.5, 0.6) is 5.75 Å². The van der Waals surface area contributed by atoms with Gasteiger partial charge in [0.25, 0.3) is 0 Å². The second kappa shape index (κ2) is 6.44. The molecule has 0 atom stereocenters. The zero-order chi connectivity index (χ0) is 16.2. The highest BCUT2D eigenvalue weighted by atomic mass is 16.6. The van der Waals surface area contributed by atoms with E-state index < -0.39 is 5.97 Å². The molecule has 2 heterocycles. The molecule has 0 aliphatic carbocycles. The molecule has 5 heteroatoms. The molecule has 5 nitrogen and oxygen atoms in total. The normalized spacial score (nSPS) is 15.5. The van der Waals surface area contributed by atoms with Gasteiger partial charge in [-0.3, -0.25) is 4.98 Å². The van der Waals surface area contributed by atoms with E-state index in [9.17, 15) is 4.79 Å². The van der Waals surface area contributed by atoms with Gasteiger partial charge in [-0.05, 0) is 42.3 Å². The smallest absolute Gasteiger partial charge is 0.363 e. The van der Waals surface area contributed by atoms with Crippen molar-refractivity contribution in [2.24, 2.45) is 4.99 Å². The van der Waals surface area contributed by atoms with Gasteiger partial charge in [-0.2, -0.15) is 0 Å². The fraction of sp³-hybridized carbons (Fsp3) is 0.167. The molecule has 0 saturated heterocycles. The van der Waals surface area contributed by atoms with Gasteiger partial charge in [0, 0.05) is 18.0 Å². The molecule has 3 rings (SSSR count). The molecule has 116 valence electrons. The van der Waals surface area contributed by atoms with Crippen LogP contribution in [0, 0.1) is 0 Å². The molecule has 1 aromatic heterocycles. The van der Waals surface area contributed by atoms with Crippen LogP contribution >= 0.6 is 0 Å². The Labute approximate surface area is 134 Å². The summed E-state index contributed by atoms with van der Waals surface area (Å²) in [5.41, 5.74) is 2.87. The van der Waals surface area contributed by atoms with Gasteiger partial charge in [0.1, 0.15) is 5.75 Å². The van der Waals surface area contributed by atoms with Crippen molar-refractivity contribution in [1.82, 2.24) is 4.98 Å². The minimum atomic E-state index is -0.479. The van der Waals surface area contributed by atoms with Crippen LogP contribution in [0.4, 0.5) is 0 Å². The Morgan fingerprint density at radius 1 is 1.30 bits per heavy atom. The Morgan fingerprint density at radius 2 is 2.17 bits per heavy atom. The molecule has 0 radical (unpaired) electrons. The number of pyridine rings is 1. The molecule has 2 aromatic rings. The summed E-state index contributed by atoms with van der Waals surface area (Å²) in [6, 6.07) is 9.42. The number of methoxy groups -OCH3 is 1. The fourth-order valence-corrected chi connectivity index (χ4v) is 2.29. The lowest BCUT2D eigenvalue weighted by atomic mass is 10.1. The van der Waals surface area contributed by atoms with Gasteiger partial charge in [0.05, 0.1) is 12.7 Å². The molecule has 0 saturated carbocycles. The first-order valence-corrected chi connectivity index (χ1v) is 7.31. The molecule has 1 aliphatic heterocycles. The zero-order valence-electron chi connectivity index (χ0n) is 12.9. The van der Waals surface area contributed by atoms with Crippen LogP contribution in [-0.4, -0.2) is 24.0 Å². The number of carbonyl (C=O) groups excluding carboxylic acids is 1. The predicted molar refractivity (Wildman–Crippen MR) is 87.2 cm³/mol. The lowest BCUT2D eigenvalue weighted by molar-refractivity contribution is -0.129. The highest BCUT2D eigenvalue weighted by Gasteiger charge is 2.24. The van der Waals surface area contributed by atoms with Crippen molar-refractivity contribution in [1.29, 1.82) is 0 Å². The van der Waals surface area contributed by atoms with Gasteiger partial charge < -0.3 is 9.47 Å². The number of cyclic esters (lactones) is 1. The Kier molecular flexibility index (Phi) is 4.19. The number of carbonyl (C=O) groups is 1. The number of nitrogens with zero attached hydrogens (tertiary/aromatic N) is 2. The number of benzene rings is 1. The summed E-state index contributed by atoms with van der Waals surface area (Å²) in [6.07, 6.45) is 5.84. The SMILES string of the molecule is CCc1ccc(OC)c(/C=C2/N=C(c3cccnc3)OC2=O)c1. The zero-order valence-corrected chi connectivity index (χ0v) is 12.9. The second-order valence-electron chi connectivity index (χ2n) is 5.01. The summed E-state index contributed by atoms with van der Waals surface area (Å²) in [4.78, 5) is 20.3. The van der Waals surface area contributed by atoms with Crippen LogP contribution in [0.25, 0.3) is 6.08 Å². The van der Waals surface area contributed by atoms with E-state index in [4.69, 9.17) is 9.47 Å². The summed E-state index contributed by atoms with van der Waals surface area (Å²) in [5.74, 6) is 0.472. The third kappa shape index (κ3) is 3.13. The van der Waals surface area contributed by atoms with Crippen LogP contribution in [-0.2, 0) is 16.0 Å². The topological polar surface area (TPSA) is 60.8 Å². The minimum Gasteiger partial charge on any atom is -0.496 e. The van der Waals surface area contributed by atoms with Gasteiger partial charge in [-0.1, -0.05) is 13.0 Å². The first-order valence-electron chi connectivity index (χ1n) is 7.31. The lowest BCUT2D eigenvalue weighted by Crippen LogP contribution is -2.05. The van der Waals surface area contributed by atoms with E-state index in [-0.39, 0.29) is 11.6 Å². The largest absolute Gasteiger partial charge is 0.496 e. The molecule has 0 N–H and O–H groups in total. The first-order chi connectivity index (χ1) is 11.2. The summed E-state index contributed by atoms with van der Waals surface area (Å²) >= 11 is 0. The molecule has 1 aromatic carbocycles.